The molecule has 0 aromatic heterocycles. The Balaban J connectivity index is 6.89. The predicted molar refractivity (Wildman–Crippen MR) is 91.6 cm³/mol. The Morgan fingerprint density at radius 3 is 1.36 bits per heavy atom. The summed E-state index contributed by atoms with van der Waals surface area (Å²) in [4.78, 5) is 46.9. The van der Waals surface area contributed by atoms with E-state index in [4.69, 9.17) is 0 Å². The lowest BCUT2D eigenvalue weighted by Crippen LogP contribution is -2.82. The molecule has 0 aliphatic rings. The molecular formula is C17H28O11. The molecule has 162 valence electrons. The van der Waals surface area contributed by atoms with E-state index in [9.17, 15) is 49.8 Å². The van der Waals surface area contributed by atoms with Crippen molar-refractivity contribution in [3.8, 4) is 0 Å². The van der Waals surface area contributed by atoms with Gasteiger partial charge in [-0.3, -0.25) is 19.2 Å². The van der Waals surface area contributed by atoms with Gasteiger partial charge < -0.3 is 35.4 Å². The van der Waals surface area contributed by atoms with E-state index in [1.807, 2.05) is 0 Å². The van der Waals surface area contributed by atoms with Crippen LogP contribution in [-0.2, 0) is 23.9 Å². The first kappa shape index (κ1) is 26.2. The molecule has 11 nitrogen and oxygen atoms in total. The summed E-state index contributed by atoms with van der Waals surface area (Å²) in [5, 5.41) is 64.0. The zero-order valence-corrected chi connectivity index (χ0v) is 16.8. The number of carbonyl (C=O) groups is 4. The van der Waals surface area contributed by atoms with Crippen molar-refractivity contribution in [2.45, 2.75) is 82.8 Å². The number of aliphatic hydroxyl groups is 6. The summed E-state index contributed by atoms with van der Waals surface area (Å²) in [5.41, 5.74) is -13.2. The molecule has 6 atom stereocenters. The van der Waals surface area contributed by atoms with E-state index >= 15 is 0 Å². The molecule has 0 fully saturated rings. The van der Waals surface area contributed by atoms with Crippen LogP contribution in [0, 0.1) is 0 Å². The van der Waals surface area contributed by atoms with Crippen LogP contribution >= 0.6 is 0 Å². The topological polar surface area (TPSA) is 199 Å². The minimum absolute atomic E-state index is 0.587. The van der Waals surface area contributed by atoms with Gasteiger partial charge in [0.25, 0.3) is 0 Å². The SMILES string of the molecule is CC(=O)OC(O)(C(C)=O)[C@](C)(O)[C@@](C)(O)[C@](C)(O)[C@@](O)(C(C)=O)C(O)C(C)=O. The zero-order chi connectivity index (χ0) is 23.1. The third-order valence-electron chi connectivity index (χ3n) is 5.38. The largest absolute Gasteiger partial charge is 0.422 e. The third-order valence-corrected chi connectivity index (χ3v) is 5.38. The molecule has 0 aliphatic carbocycles. The first-order valence-electron chi connectivity index (χ1n) is 8.18. The van der Waals surface area contributed by atoms with Crippen LogP contribution in [0.5, 0.6) is 0 Å². The molecule has 0 bridgehead atoms. The van der Waals surface area contributed by atoms with E-state index in [0.717, 1.165) is 13.8 Å². The van der Waals surface area contributed by atoms with E-state index in [-0.39, 0.29) is 0 Å². The lowest BCUT2D eigenvalue weighted by molar-refractivity contribution is -0.350. The van der Waals surface area contributed by atoms with E-state index in [1.165, 1.54) is 0 Å². The Bertz CT molecular complexity index is 679. The number of rotatable bonds is 9. The highest BCUT2D eigenvalue weighted by molar-refractivity contribution is 5.95. The van der Waals surface area contributed by atoms with Crippen molar-refractivity contribution in [2.75, 3.05) is 0 Å². The summed E-state index contributed by atoms with van der Waals surface area (Å²) in [6.45, 7) is 4.73. The fourth-order valence-corrected chi connectivity index (χ4v) is 2.99. The highest BCUT2D eigenvalue weighted by Gasteiger charge is 2.74. The third kappa shape index (κ3) is 3.49. The summed E-state index contributed by atoms with van der Waals surface area (Å²) in [5.74, 6) is -8.61. The number of Topliss-reactive ketones (excluding diaryl/α,β-unsaturated/α-hetero) is 3. The molecule has 0 aromatic carbocycles. The van der Waals surface area contributed by atoms with E-state index in [0.29, 0.717) is 34.6 Å². The van der Waals surface area contributed by atoms with Crippen molar-refractivity contribution >= 4 is 23.3 Å². The van der Waals surface area contributed by atoms with Crippen LogP contribution in [0.15, 0.2) is 0 Å². The highest BCUT2D eigenvalue weighted by Crippen LogP contribution is 2.46. The standard InChI is InChI=1S/C17H28O11/c1-8(18)12(22)16(26,9(2)19)14(6,24)13(5,23)15(7,25)17(27,10(3)20)28-11(4)21/h12,22-27H,1-7H3/t12?,13-,14-,15+,16+,17?/m0/s1. The van der Waals surface area contributed by atoms with Crippen molar-refractivity contribution in [1.29, 1.82) is 0 Å². The minimum Gasteiger partial charge on any atom is -0.422 e. The second kappa shape index (κ2) is 7.58. The van der Waals surface area contributed by atoms with E-state index in [2.05, 4.69) is 4.74 Å². The van der Waals surface area contributed by atoms with Crippen LogP contribution in [-0.4, -0.2) is 88.3 Å². The number of aliphatic hydroxyl groups excluding tert-OH is 1. The van der Waals surface area contributed by atoms with Gasteiger partial charge in [0.05, 0.1) is 0 Å². The number of hydrogen-bond acceptors (Lipinski definition) is 11. The maximum Gasteiger partial charge on any atom is 0.305 e. The molecule has 0 saturated carbocycles. The van der Waals surface area contributed by atoms with Crippen LogP contribution in [0.1, 0.15) is 48.5 Å². The van der Waals surface area contributed by atoms with Crippen molar-refractivity contribution in [3.05, 3.63) is 0 Å². The monoisotopic (exact) mass is 408 g/mol. The van der Waals surface area contributed by atoms with Gasteiger partial charge >= 0.3 is 11.8 Å². The molecule has 0 radical (unpaired) electrons. The van der Waals surface area contributed by atoms with Crippen molar-refractivity contribution in [2.24, 2.45) is 0 Å². The Labute approximate surface area is 161 Å². The van der Waals surface area contributed by atoms with Crippen molar-refractivity contribution in [3.63, 3.8) is 0 Å². The normalized spacial score (nSPS) is 23.6. The van der Waals surface area contributed by atoms with Gasteiger partial charge in [0.2, 0.25) is 5.78 Å². The molecular weight excluding hydrogens is 380 g/mol. The van der Waals surface area contributed by atoms with Gasteiger partial charge in [0.1, 0.15) is 11.2 Å². The molecule has 2 unspecified atom stereocenters. The van der Waals surface area contributed by atoms with Crippen molar-refractivity contribution < 1.29 is 54.6 Å². The minimum atomic E-state index is -3.44. The first-order valence-corrected chi connectivity index (χ1v) is 8.18. The second-order valence-corrected chi connectivity index (χ2v) is 7.35. The highest BCUT2D eigenvalue weighted by atomic mass is 16.7. The molecule has 0 heterocycles. The van der Waals surface area contributed by atoms with E-state index < -0.39 is 57.6 Å². The van der Waals surface area contributed by atoms with Gasteiger partial charge in [-0.15, -0.1) is 0 Å². The zero-order valence-electron chi connectivity index (χ0n) is 16.8. The molecule has 0 saturated heterocycles. The van der Waals surface area contributed by atoms with Crippen LogP contribution in [0.3, 0.4) is 0 Å². The summed E-state index contributed by atoms with van der Waals surface area (Å²) in [6, 6.07) is 0. The van der Waals surface area contributed by atoms with E-state index in [1.54, 1.807) is 0 Å². The lowest BCUT2D eigenvalue weighted by Gasteiger charge is -2.56. The maximum atomic E-state index is 12.1. The number of ketones is 3. The predicted octanol–water partition coefficient (Wildman–Crippen LogP) is -2.65. The summed E-state index contributed by atoms with van der Waals surface area (Å²) >= 11 is 0. The fraction of sp³-hybridized carbons (Fsp3) is 0.765. The molecule has 28 heavy (non-hydrogen) atoms. The molecule has 0 spiro atoms. The van der Waals surface area contributed by atoms with Gasteiger partial charge in [-0.1, -0.05) is 0 Å². The number of carbonyl (C=O) groups excluding carboxylic acids is 4. The van der Waals surface area contributed by atoms with Gasteiger partial charge in [-0.25, -0.2) is 0 Å². The van der Waals surface area contributed by atoms with Crippen LogP contribution in [0.2, 0.25) is 0 Å². The van der Waals surface area contributed by atoms with Crippen LogP contribution in [0.4, 0.5) is 0 Å². The summed E-state index contributed by atoms with van der Waals surface area (Å²) in [7, 11) is 0. The quantitative estimate of drug-likeness (QED) is 0.172. The van der Waals surface area contributed by atoms with Gasteiger partial charge in [-0.05, 0) is 34.6 Å². The Kier molecular flexibility index (Phi) is 7.10. The molecule has 0 aromatic rings. The smallest absolute Gasteiger partial charge is 0.305 e. The Morgan fingerprint density at radius 2 is 1.11 bits per heavy atom. The fourth-order valence-electron chi connectivity index (χ4n) is 2.99. The Hall–Kier alpha value is -1.76. The average molecular weight is 408 g/mol. The lowest BCUT2D eigenvalue weighted by atomic mass is 9.60. The first-order chi connectivity index (χ1) is 12.2. The second-order valence-electron chi connectivity index (χ2n) is 7.35. The molecule has 0 aliphatic heterocycles. The molecule has 0 rings (SSSR count). The molecule has 0 amide bonds. The van der Waals surface area contributed by atoms with Crippen LogP contribution in [0.25, 0.3) is 0 Å². The van der Waals surface area contributed by atoms with Gasteiger partial charge in [0.15, 0.2) is 28.9 Å². The number of ether oxygens (including phenoxy) is 1. The van der Waals surface area contributed by atoms with Crippen molar-refractivity contribution in [1.82, 2.24) is 0 Å². The summed E-state index contributed by atoms with van der Waals surface area (Å²) < 4.78 is 4.48. The molecule has 6 N–H and O–H groups in total. The number of hydrogen-bond donors (Lipinski definition) is 6. The summed E-state index contributed by atoms with van der Waals surface area (Å²) in [6.07, 6.45) is -2.55. The number of esters is 1. The van der Waals surface area contributed by atoms with Gasteiger partial charge in [0, 0.05) is 13.8 Å². The van der Waals surface area contributed by atoms with Crippen LogP contribution < -0.4 is 0 Å². The van der Waals surface area contributed by atoms with Gasteiger partial charge in [-0.2, -0.15) is 0 Å². The maximum absolute atomic E-state index is 12.1. The average Bonchev–Trinajstić information content (AvgIpc) is 2.51. The Morgan fingerprint density at radius 1 is 0.714 bits per heavy atom. The molecule has 11 heteroatoms.